The SMILES string of the molecule is COc1ccc(C)c2c1CC(C1CCCCC1)OC2CN. The van der Waals surface area contributed by atoms with Crippen molar-refractivity contribution in [1.82, 2.24) is 0 Å². The van der Waals surface area contributed by atoms with Crippen molar-refractivity contribution in [3.05, 3.63) is 28.8 Å². The van der Waals surface area contributed by atoms with E-state index in [1.165, 1.54) is 48.8 Å². The van der Waals surface area contributed by atoms with Gasteiger partial charge in [0.1, 0.15) is 5.75 Å². The van der Waals surface area contributed by atoms with Crippen LogP contribution >= 0.6 is 0 Å². The maximum absolute atomic E-state index is 6.40. The van der Waals surface area contributed by atoms with E-state index in [2.05, 4.69) is 19.1 Å². The van der Waals surface area contributed by atoms with Gasteiger partial charge in [-0.05, 0) is 42.9 Å². The summed E-state index contributed by atoms with van der Waals surface area (Å²) in [6.07, 6.45) is 7.96. The Bertz CT molecular complexity index is 494. The third kappa shape index (κ3) is 2.82. The molecule has 0 spiro atoms. The molecule has 1 heterocycles. The van der Waals surface area contributed by atoms with Gasteiger partial charge in [-0.1, -0.05) is 25.3 Å². The molecule has 2 atom stereocenters. The van der Waals surface area contributed by atoms with Crippen LogP contribution in [0.3, 0.4) is 0 Å². The first-order valence-corrected chi connectivity index (χ1v) is 8.26. The summed E-state index contributed by atoms with van der Waals surface area (Å²) in [6.45, 7) is 2.69. The van der Waals surface area contributed by atoms with Gasteiger partial charge in [0.2, 0.25) is 0 Å². The molecule has 1 fully saturated rings. The highest BCUT2D eigenvalue weighted by atomic mass is 16.5. The second kappa shape index (κ2) is 6.37. The Balaban J connectivity index is 1.93. The molecule has 1 aliphatic heterocycles. The molecule has 3 rings (SSSR count). The lowest BCUT2D eigenvalue weighted by Crippen LogP contribution is -2.36. The molecule has 0 aromatic heterocycles. The van der Waals surface area contributed by atoms with Crippen LogP contribution in [0.2, 0.25) is 0 Å². The van der Waals surface area contributed by atoms with Gasteiger partial charge in [-0.15, -0.1) is 0 Å². The number of hydrogen-bond acceptors (Lipinski definition) is 3. The van der Waals surface area contributed by atoms with Gasteiger partial charge in [0.05, 0.1) is 19.3 Å². The zero-order chi connectivity index (χ0) is 14.8. The van der Waals surface area contributed by atoms with Crippen LogP contribution in [0.1, 0.15) is 54.9 Å². The van der Waals surface area contributed by atoms with Gasteiger partial charge >= 0.3 is 0 Å². The molecule has 3 heteroatoms. The lowest BCUT2D eigenvalue weighted by atomic mass is 9.79. The minimum absolute atomic E-state index is 0.0239. The second-order valence-corrected chi connectivity index (χ2v) is 6.48. The summed E-state index contributed by atoms with van der Waals surface area (Å²) in [6, 6.07) is 4.20. The van der Waals surface area contributed by atoms with Crippen molar-refractivity contribution in [3.8, 4) is 5.75 Å². The number of hydrogen-bond donors (Lipinski definition) is 1. The fourth-order valence-corrected chi connectivity index (χ4v) is 4.10. The van der Waals surface area contributed by atoms with Gasteiger partial charge in [0.25, 0.3) is 0 Å². The van der Waals surface area contributed by atoms with E-state index in [1.54, 1.807) is 7.11 Å². The van der Waals surface area contributed by atoms with Crippen LogP contribution < -0.4 is 10.5 Å². The highest BCUT2D eigenvalue weighted by molar-refractivity contribution is 5.47. The largest absolute Gasteiger partial charge is 0.496 e. The Kier molecular flexibility index (Phi) is 4.51. The Morgan fingerprint density at radius 1 is 1.24 bits per heavy atom. The molecule has 116 valence electrons. The maximum atomic E-state index is 6.40. The Morgan fingerprint density at radius 2 is 2.00 bits per heavy atom. The molecular weight excluding hydrogens is 262 g/mol. The van der Waals surface area contributed by atoms with E-state index in [4.69, 9.17) is 15.2 Å². The van der Waals surface area contributed by atoms with Crippen LogP contribution in [0.25, 0.3) is 0 Å². The summed E-state index contributed by atoms with van der Waals surface area (Å²) in [5.74, 6) is 1.68. The molecule has 0 amide bonds. The zero-order valence-electron chi connectivity index (χ0n) is 13.2. The lowest BCUT2D eigenvalue weighted by molar-refractivity contribution is -0.0597. The average Bonchev–Trinajstić information content (AvgIpc) is 2.55. The molecule has 1 aromatic carbocycles. The second-order valence-electron chi connectivity index (χ2n) is 6.48. The van der Waals surface area contributed by atoms with E-state index in [-0.39, 0.29) is 6.10 Å². The van der Waals surface area contributed by atoms with Crippen LogP contribution in [0, 0.1) is 12.8 Å². The van der Waals surface area contributed by atoms with Crippen LogP contribution in [-0.2, 0) is 11.2 Å². The third-order valence-electron chi connectivity index (χ3n) is 5.21. The summed E-state index contributed by atoms with van der Waals surface area (Å²) < 4.78 is 12.0. The highest BCUT2D eigenvalue weighted by Gasteiger charge is 2.34. The standard InChI is InChI=1S/C18H27NO2/c1-12-8-9-15(20-2)14-10-16(13-6-4-3-5-7-13)21-17(11-19)18(12)14/h8-9,13,16-17H,3-7,10-11,19H2,1-2H3. The van der Waals surface area contributed by atoms with Crippen molar-refractivity contribution in [2.75, 3.05) is 13.7 Å². The minimum Gasteiger partial charge on any atom is -0.496 e. The molecule has 1 aliphatic carbocycles. The summed E-state index contributed by atoms with van der Waals surface area (Å²) in [7, 11) is 1.76. The van der Waals surface area contributed by atoms with Crippen molar-refractivity contribution in [2.45, 2.75) is 57.7 Å². The van der Waals surface area contributed by atoms with E-state index >= 15 is 0 Å². The molecule has 0 saturated heterocycles. The van der Waals surface area contributed by atoms with Gasteiger partial charge < -0.3 is 15.2 Å². The average molecular weight is 289 g/mol. The first-order valence-electron chi connectivity index (χ1n) is 8.26. The van der Waals surface area contributed by atoms with Gasteiger partial charge in [0.15, 0.2) is 0 Å². The molecule has 2 unspecified atom stereocenters. The van der Waals surface area contributed by atoms with E-state index in [0.717, 1.165) is 12.2 Å². The summed E-state index contributed by atoms with van der Waals surface area (Å²) in [5, 5.41) is 0. The number of ether oxygens (including phenoxy) is 2. The van der Waals surface area contributed by atoms with Crippen molar-refractivity contribution in [3.63, 3.8) is 0 Å². The number of rotatable bonds is 3. The molecule has 1 aromatic rings. The molecule has 2 aliphatic rings. The molecule has 1 saturated carbocycles. The first-order chi connectivity index (χ1) is 10.2. The van der Waals surface area contributed by atoms with Gasteiger partial charge in [-0.25, -0.2) is 0 Å². The predicted octanol–water partition coefficient (Wildman–Crippen LogP) is 3.53. The van der Waals surface area contributed by atoms with Crippen molar-refractivity contribution >= 4 is 0 Å². The number of aryl methyl sites for hydroxylation is 1. The number of benzene rings is 1. The first kappa shape index (κ1) is 14.9. The monoisotopic (exact) mass is 289 g/mol. The molecular formula is C18H27NO2. The predicted molar refractivity (Wildman–Crippen MR) is 84.7 cm³/mol. The smallest absolute Gasteiger partial charge is 0.122 e. The normalized spacial score (nSPS) is 26.4. The molecule has 0 bridgehead atoms. The molecule has 2 N–H and O–H groups in total. The lowest BCUT2D eigenvalue weighted by Gasteiger charge is -2.39. The van der Waals surface area contributed by atoms with E-state index < -0.39 is 0 Å². The topological polar surface area (TPSA) is 44.5 Å². The number of fused-ring (bicyclic) bond motifs is 1. The molecule has 21 heavy (non-hydrogen) atoms. The van der Waals surface area contributed by atoms with Crippen LogP contribution in [-0.4, -0.2) is 19.8 Å². The third-order valence-corrected chi connectivity index (χ3v) is 5.21. The Hall–Kier alpha value is -1.06. The van der Waals surface area contributed by atoms with Crippen LogP contribution in [0.4, 0.5) is 0 Å². The Morgan fingerprint density at radius 3 is 2.67 bits per heavy atom. The van der Waals surface area contributed by atoms with Crippen LogP contribution in [0.15, 0.2) is 12.1 Å². The van der Waals surface area contributed by atoms with Gasteiger partial charge in [-0.3, -0.25) is 0 Å². The summed E-state index contributed by atoms with van der Waals surface area (Å²) >= 11 is 0. The van der Waals surface area contributed by atoms with Crippen molar-refractivity contribution in [1.29, 1.82) is 0 Å². The minimum atomic E-state index is 0.0239. The number of methoxy groups -OCH3 is 1. The molecule has 0 radical (unpaired) electrons. The van der Waals surface area contributed by atoms with Gasteiger partial charge in [-0.2, -0.15) is 0 Å². The Labute approximate surface area is 127 Å². The zero-order valence-corrected chi connectivity index (χ0v) is 13.2. The maximum Gasteiger partial charge on any atom is 0.122 e. The fourth-order valence-electron chi connectivity index (χ4n) is 4.10. The van der Waals surface area contributed by atoms with Crippen molar-refractivity contribution in [2.24, 2.45) is 11.7 Å². The van der Waals surface area contributed by atoms with E-state index in [9.17, 15) is 0 Å². The fraction of sp³-hybridized carbons (Fsp3) is 0.667. The van der Waals surface area contributed by atoms with E-state index in [0.29, 0.717) is 18.6 Å². The van der Waals surface area contributed by atoms with Crippen molar-refractivity contribution < 1.29 is 9.47 Å². The molecule has 3 nitrogen and oxygen atoms in total. The number of nitrogens with two attached hydrogens (primary N) is 1. The summed E-state index contributed by atoms with van der Waals surface area (Å²) in [5.41, 5.74) is 9.87. The quantitative estimate of drug-likeness (QED) is 0.926. The summed E-state index contributed by atoms with van der Waals surface area (Å²) in [4.78, 5) is 0. The van der Waals surface area contributed by atoms with Crippen LogP contribution in [0.5, 0.6) is 5.75 Å². The highest BCUT2D eigenvalue weighted by Crippen LogP contribution is 2.41. The van der Waals surface area contributed by atoms with Gasteiger partial charge in [0, 0.05) is 18.5 Å². The van der Waals surface area contributed by atoms with E-state index in [1.807, 2.05) is 0 Å².